The minimum Gasteiger partial charge on any atom is -0.409 e. The maximum atomic E-state index is 13.2. The molecule has 0 aromatic heterocycles. The molecule has 0 amide bonds. The zero-order valence-corrected chi connectivity index (χ0v) is 9.48. The Balaban J connectivity index is 2.79. The number of benzene rings is 1. The third-order valence-electron chi connectivity index (χ3n) is 2.25. The lowest BCUT2D eigenvalue weighted by molar-refractivity contribution is 0.316. The van der Waals surface area contributed by atoms with Crippen molar-refractivity contribution in [3.63, 3.8) is 0 Å². The molecule has 9 heteroatoms. The van der Waals surface area contributed by atoms with Gasteiger partial charge in [0.15, 0.2) is 23.3 Å². The molecule has 0 aliphatic rings. The minimum atomic E-state index is -2.21. The van der Waals surface area contributed by atoms with Gasteiger partial charge in [-0.25, -0.2) is 22.0 Å². The fourth-order valence-corrected chi connectivity index (χ4v) is 1.29. The zero-order valence-electron chi connectivity index (χ0n) is 9.48. The number of hydrogen-bond donors (Lipinski definition) is 3. The molecule has 0 heterocycles. The first-order valence-corrected chi connectivity index (χ1v) is 5.11. The van der Waals surface area contributed by atoms with E-state index in [0.717, 1.165) is 0 Å². The van der Waals surface area contributed by atoms with Gasteiger partial charge >= 0.3 is 0 Å². The van der Waals surface area contributed by atoms with Crippen LogP contribution < -0.4 is 11.1 Å². The van der Waals surface area contributed by atoms with E-state index in [-0.39, 0.29) is 25.2 Å². The van der Waals surface area contributed by atoms with Gasteiger partial charge in [-0.3, -0.25) is 0 Å². The predicted octanol–water partition coefficient (Wildman–Crippen LogP) is 2.32. The number of hydrogen-bond acceptors (Lipinski definition) is 3. The van der Waals surface area contributed by atoms with Crippen LogP contribution in [0.15, 0.2) is 5.16 Å². The molecule has 1 aromatic rings. The number of halogens is 5. The van der Waals surface area contributed by atoms with Crippen LogP contribution in [0.1, 0.15) is 12.8 Å². The Labute approximate surface area is 104 Å². The smallest absolute Gasteiger partial charge is 0.200 e. The largest absolute Gasteiger partial charge is 0.409 e. The summed E-state index contributed by atoms with van der Waals surface area (Å²) in [6.45, 7) is -0.116. The summed E-state index contributed by atoms with van der Waals surface area (Å²) in [5.74, 6) is -10.2. The van der Waals surface area contributed by atoms with E-state index < -0.39 is 34.8 Å². The van der Waals surface area contributed by atoms with E-state index in [0.29, 0.717) is 0 Å². The van der Waals surface area contributed by atoms with Gasteiger partial charge in [-0.15, -0.1) is 0 Å². The number of amidine groups is 1. The fourth-order valence-electron chi connectivity index (χ4n) is 1.29. The molecule has 0 bridgehead atoms. The second kappa shape index (κ2) is 6.21. The lowest BCUT2D eigenvalue weighted by Gasteiger charge is -2.10. The number of anilines is 1. The number of oxime groups is 1. The van der Waals surface area contributed by atoms with E-state index in [9.17, 15) is 22.0 Å². The van der Waals surface area contributed by atoms with Crippen molar-refractivity contribution in [3.05, 3.63) is 29.1 Å². The van der Waals surface area contributed by atoms with Crippen LogP contribution in [-0.4, -0.2) is 17.6 Å². The molecule has 0 aliphatic carbocycles. The Hall–Kier alpha value is -2.06. The Bertz CT molecular complexity index is 477. The minimum absolute atomic E-state index is 0.0961. The Morgan fingerprint density at radius 1 is 1.00 bits per heavy atom. The second-order valence-corrected chi connectivity index (χ2v) is 3.57. The quantitative estimate of drug-likeness (QED) is 0.113. The first-order chi connectivity index (χ1) is 8.90. The van der Waals surface area contributed by atoms with Crippen molar-refractivity contribution in [1.29, 1.82) is 0 Å². The molecule has 19 heavy (non-hydrogen) atoms. The first-order valence-electron chi connectivity index (χ1n) is 5.11. The zero-order chi connectivity index (χ0) is 14.6. The molecule has 0 spiro atoms. The lowest BCUT2D eigenvalue weighted by Crippen LogP contribution is -2.15. The maximum absolute atomic E-state index is 13.2. The average molecular weight is 283 g/mol. The van der Waals surface area contributed by atoms with E-state index in [1.54, 1.807) is 0 Å². The summed E-state index contributed by atoms with van der Waals surface area (Å²) in [6.07, 6.45) is 0.272. The van der Waals surface area contributed by atoms with E-state index in [1.807, 2.05) is 0 Å². The Morgan fingerprint density at radius 2 is 1.47 bits per heavy atom. The van der Waals surface area contributed by atoms with E-state index in [2.05, 4.69) is 10.5 Å². The summed E-state index contributed by atoms with van der Waals surface area (Å²) in [7, 11) is 0. The van der Waals surface area contributed by atoms with Crippen LogP contribution in [0, 0.1) is 29.1 Å². The third-order valence-corrected chi connectivity index (χ3v) is 2.25. The summed E-state index contributed by atoms with van der Waals surface area (Å²) in [5, 5.41) is 13.0. The molecule has 0 saturated carbocycles. The van der Waals surface area contributed by atoms with Crippen LogP contribution >= 0.6 is 0 Å². The molecule has 106 valence electrons. The van der Waals surface area contributed by atoms with Crippen LogP contribution in [0.4, 0.5) is 27.6 Å². The average Bonchev–Trinajstić information content (AvgIpc) is 2.41. The monoisotopic (exact) mass is 283 g/mol. The Morgan fingerprint density at radius 3 is 1.95 bits per heavy atom. The first kappa shape index (κ1) is 15.0. The number of nitrogens with two attached hydrogens (primary N) is 1. The van der Waals surface area contributed by atoms with Gasteiger partial charge in [0.25, 0.3) is 0 Å². The number of rotatable bonds is 5. The molecule has 4 N–H and O–H groups in total. The van der Waals surface area contributed by atoms with Gasteiger partial charge in [-0.2, -0.15) is 0 Å². The van der Waals surface area contributed by atoms with Gasteiger partial charge in [0.1, 0.15) is 11.5 Å². The van der Waals surface area contributed by atoms with Gasteiger partial charge in [0.2, 0.25) is 5.82 Å². The van der Waals surface area contributed by atoms with Crippen molar-refractivity contribution in [2.24, 2.45) is 10.9 Å². The van der Waals surface area contributed by atoms with Gasteiger partial charge in [0, 0.05) is 13.0 Å². The van der Waals surface area contributed by atoms with Crippen molar-refractivity contribution >= 4 is 11.5 Å². The molecule has 0 radical (unpaired) electrons. The molecule has 0 fully saturated rings. The molecule has 4 nitrogen and oxygen atoms in total. The molecule has 0 saturated heterocycles. The van der Waals surface area contributed by atoms with Crippen molar-refractivity contribution in [2.75, 3.05) is 11.9 Å². The van der Waals surface area contributed by atoms with Crippen LogP contribution in [-0.2, 0) is 0 Å². The topological polar surface area (TPSA) is 70.6 Å². The fraction of sp³-hybridized carbons (Fsp3) is 0.300. The summed E-state index contributed by atoms with van der Waals surface area (Å²) >= 11 is 0. The van der Waals surface area contributed by atoms with Crippen molar-refractivity contribution in [3.8, 4) is 0 Å². The third kappa shape index (κ3) is 3.24. The number of nitrogens with zero attached hydrogens (tertiary/aromatic N) is 1. The van der Waals surface area contributed by atoms with Crippen LogP contribution in [0.2, 0.25) is 0 Å². The maximum Gasteiger partial charge on any atom is 0.200 e. The summed E-state index contributed by atoms with van der Waals surface area (Å²) in [6, 6.07) is 0. The van der Waals surface area contributed by atoms with E-state index in [1.165, 1.54) is 0 Å². The predicted molar refractivity (Wildman–Crippen MR) is 57.4 cm³/mol. The molecule has 0 atom stereocenters. The SMILES string of the molecule is NC(CCCNc1c(F)c(F)c(F)c(F)c1F)=NO. The summed E-state index contributed by atoms with van der Waals surface area (Å²) in [5.41, 5.74) is 4.03. The Kier molecular flexibility index (Phi) is 4.90. The molecule has 0 aliphatic heterocycles. The summed E-state index contributed by atoms with van der Waals surface area (Å²) in [4.78, 5) is 0. The molecule has 1 rings (SSSR count). The van der Waals surface area contributed by atoms with E-state index in [4.69, 9.17) is 10.9 Å². The normalized spacial score (nSPS) is 11.7. The van der Waals surface area contributed by atoms with Crippen molar-refractivity contribution in [2.45, 2.75) is 12.8 Å². The lowest BCUT2D eigenvalue weighted by atomic mass is 10.2. The van der Waals surface area contributed by atoms with Crippen LogP contribution in [0.5, 0.6) is 0 Å². The van der Waals surface area contributed by atoms with Gasteiger partial charge in [0.05, 0.1) is 0 Å². The highest BCUT2D eigenvalue weighted by Crippen LogP contribution is 2.26. The molecule has 1 aromatic carbocycles. The van der Waals surface area contributed by atoms with E-state index >= 15 is 0 Å². The molecular weight excluding hydrogens is 273 g/mol. The molecule has 0 unspecified atom stereocenters. The molecular formula is C10H10F5N3O. The van der Waals surface area contributed by atoms with Gasteiger partial charge in [-0.1, -0.05) is 5.16 Å². The van der Waals surface area contributed by atoms with Gasteiger partial charge < -0.3 is 16.3 Å². The summed E-state index contributed by atoms with van der Waals surface area (Å²) < 4.78 is 64.7. The van der Waals surface area contributed by atoms with Crippen LogP contribution in [0.3, 0.4) is 0 Å². The van der Waals surface area contributed by atoms with Crippen molar-refractivity contribution in [1.82, 2.24) is 0 Å². The second-order valence-electron chi connectivity index (χ2n) is 3.57. The van der Waals surface area contributed by atoms with Crippen LogP contribution in [0.25, 0.3) is 0 Å². The highest BCUT2D eigenvalue weighted by Gasteiger charge is 2.25. The number of nitrogens with one attached hydrogen (secondary N) is 1. The van der Waals surface area contributed by atoms with Gasteiger partial charge in [-0.05, 0) is 6.42 Å². The standard InChI is InChI=1S/C10H10F5N3O/c11-5-6(12)8(14)10(9(15)7(5)13)17-3-1-2-4(16)18-19/h17,19H,1-3H2,(H2,16,18). The highest BCUT2D eigenvalue weighted by atomic mass is 19.2. The van der Waals surface area contributed by atoms with Crippen molar-refractivity contribution < 1.29 is 27.2 Å². The highest BCUT2D eigenvalue weighted by molar-refractivity contribution is 5.79.